The van der Waals surface area contributed by atoms with E-state index in [9.17, 15) is 14.4 Å². The highest BCUT2D eigenvalue weighted by molar-refractivity contribution is 5.99. The third-order valence-electron chi connectivity index (χ3n) is 3.39. The van der Waals surface area contributed by atoms with Crippen LogP contribution in [-0.2, 0) is 14.3 Å². The molecule has 0 spiro atoms. The molecule has 0 aliphatic carbocycles. The van der Waals surface area contributed by atoms with Gasteiger partial charge in [0, 0.05) is 12.2 Å². The van der Waals surface area contributed by atoms with Gasteiger partial charge in [0.05, 0.1) is 11.7 Å². The van der Waals surface area contributed by atoms with Crippen LogP contribution in [0.5, 0.6) is 0 Å². The monoisotopic (exact) mass is 338 g/mol. The van der Waals surface area contributed by atoms with Gasteiger partial charge < -0.3 is 19.8 Å². The maximum atomic E-state index is 12.3. The molecule has 7 heteroatoms. The van der Waals surface area contributed by atoms with Gasteiger partial charge in [-0.2, -0.15) is 0 Å². The smallest absolute Gasteiger partial charge is 0.355 e. The van der Waals surface area contributed by atoms with Crippen molar-refractivity contribution in [2.24, 2.45) is 0 Å². The van der Waals surface area contributed by atoms with Gasteiger partial charge in [0.15, 0.2) is 6.10 Å². The highest BCUT2D eigenvalue weighted by Crippen LogP contribution is 2.20. The largest absolute Gasteiger partial charge is 0.459 e. The van der Waals surface area contributed by atoms with Crippen molar-refractivity contribution in [3.63, 3.8) is 0 Å². The van der Waals surface area contributed by atoms with E-state index in [0.717, 1.165) is 6.42 Å². The summed E-state index contributed by atoms with van der Waals surface area (Å²) in [7, 11) is 0. The summed E-state index contributed by atoms with van der Waals surface area (Å²) < 4.78 is 10.4. The van der Waals surface area contributed by atoms with Crippen LogP contribution in [0.15, 0.2) is 0 Å². The Bertz CT molecular complexity index is 619. The van der Waals surface area contributed by atoms with Crippen molar-refractivity contribution in [1.82, 2.24) is 10.3 Å². The highest BCUT2D eigenvalue weighted by atomic mass is 16.6. The molecule has 1 heterocycles. The van der Waals surface area contributed by atoms with E-state index in [1.807, 2.05) is 6.92 Å². The van der Waals surface area contributed by atoms with Crippen LogP contribution in [0.1, 0.15) is 66.2 Å². The van der Waals surface area contributed by atoms with Gasteiger partial charge >= 0.3 is 11.9 Å². The summed E-state index contributed by atoms with van der Waals surface area (Å²) in [4.78, 5) is 39.0. The third-order valence-corrected chi connectivity index (χ3v) is 3.39. The van der Waals surface area contributed by atoms with Gasteiger partial charge in [-0.15, -0.1) is 0 Å². The number of amides is 1. The first-order valence-corrected chi connectivity index (χ1v) is 8.07. The molecule has 1 amide bonds. The van der Waals surface area contributed by atoms with Gasteiger partial charge in [-0.05, 0) is 46.6 Å². The van der Waals surface area contributed by atoms with Crippen molar-refractivity contribution in [1.29, 1.82) is 0 Å². The van der Waals surface area contributed by atoms with E-state index in [-0.39, 0.29) is 17.7 Å². The van der Waals surface area contributed by atoms with Crippen LogP contribution in [0.3, 0.4) is 0 Å². The first-order valence-electron chi connectivity index (χ1n) is 8.07. The van der Waals surface area contributed by atoms with Gasteiger partial charge in [-0.25, -0.2) is 9.59 Å². The van der Waals surface area contributed by atoms with E-state index >= 15 is 0 Å². The van der Waals surface area contributed by atoms with E-state index in [1.165, 1.54) is 6.92 Å². The number of carbonyl (C=O) groups excluding carboxylic acids is 3. The predicted molar refractivity (Wildman–Crippen MR) is 89.0 cm³/mol. The second kappa shape index (κ2) is 8.52. The normalized spacial score (nSPS) is 12.0. The summed E-state index contributed by atoms with van der Waals surface area (Å²) in [5.74, 6) is -1.53. The maximum Gasteiger partial charge on any atom is 0.355 e. The van der Waals surface area contributed by atoms with Crippen molar-refractivity contribution in [3.05, 3.63) is 22.5 Å². The van der Waals surface area contributed by atoms with Gasteiger partial charge in [0.1, 0.15) is 5.69 Å². The molecule has 7 nitrogen and oxygen atoms in total. The zero-order valence-corrected chi connectivity index (χ0v) is 15.1. The number of H-pyrrole nitrogens is 1. The fraction of sp³-hybridized carbons (Fsp3) is 0.588. The molecule has 0 bridgehead atoms. The van der Waals surface area contributed by atoms with Crippen molar-refractivity contribution in [3.8, 4) is 0 Å². The molecule has 0 saturated heterocycles. The number of hydrogen-bond acceptors (Lipinski definition) is 5. The van der Waals surface area contributed by atoms with Crippen molar-refractivity contribution >= 4 is 17.8 Å². The van der Waals surface area contributed by atoms with Crippen molar-refractivity contribution in [2.45, 2.75) is 60.2 Å². The van der Waals surface area contributed by atoms with Gasteiger partial charge in [0.2, 0.25) is 0 Å². The van der Waals surface area contributed by atoms with E-state index in [4.69, 9.17) is 9.47 Å². The molecule has 0 fully saturated rings. The molecule has 24 heavy (non-hydrogen) atoms. The quantitative estimate of drug-likeness (QED) is 0.743. The second-order valence-electron chi connectivity index (χ2n) is 5.92. The SMILES string of the molecule is CCCNC(=O)C(C)OC(=O)c1[nH]c(C)c(C(=O)OC(C)C)c1C. The van der Waals surface area contributed by atoms with Gasteiger partial charge in [-0.1, -0.05) is 6.92 Å². The molecule has 1 unspecified atom stereocenters. The highest BCUT2D eigenvalue weighted by Gasteiger charge is 2.26. The average molecular weight is 338 g/mol. The van der Waals surface area contributed by atoms with Crippen molar-refractivity contribution < 1.29 is 23.9 Å². The Morgan fingerprint density at radius 1 is 1.08 bits per heavy atom. The molecule has 1 aromatic heterocycles. The summed E-state index contributed by atoms with van der Waals surface area (Å²) in [5.41, 5.74) is 1.44. The fourth-order valence-electron chi connectivity index (χ4n) is 2.20. The number of aryl methyl sites for hydroxylation is 1. The number of carbonyl (C=O) groups is 3. The third kappa shape index (κ3) is 4.84. The first kappa shape index (κ1) is 19.7. The van der Waals surface area contributed by atoms with Crippen molar-refractivity contribution in [2.75, 3.05) is 6.54 Å². The number of aromatic amines is 1. The Morgan fingerprint density at radius 2 is 1.71 bits per heavy atom. The topological polar surface area (TPSA) is 97.5 Å². The summed E-state index contributed by atoms with van der Waals surface area (Å²) in [6, 6.07) is 0. The Morgan fingerprint density at radius 3 is 2.25 bits per heavy atom. The van der Waals surface area contributed by atoms with E-state index in [0.29, 0.717) is 23.4 Å². The minimum absolute atomic E-state index is 0.151. The first-order chi connectivity index (χ1) is 11.2. The van der Waals surface area contributed by atoms with Crippen LogP contribution < -0.4 is 5.32 Å². The molecule has 1 aromatic rings. The molecule has 0 aliphatic heterocycles. The number of hydrogen-bond donors (Lipinski definition) is 2. The molecule has 0 aliphatic rings. The molecule has 1 rings (SSSR count). The van der Waals surface area contributed by atoms with E-state index in [2.05, 4.69) is 10.3 Å². The zero-order chi connectivity index (χ0) is 18.4. The lowest BCUT2D eigenvalue weighted by Crippen LogP contribution is -2.36. The average Bonchev–Trinajstić information content (AvgIpc) is 2.78. The minimum atomic E-state index is -0.918. The lowest BCUT2D eigenvalue weighted by molar-refractivity contribution is -0.129. The molecule has 0 aromatic carbocycles. The van der Waals surface area contributed by atoms with Crippen LogP contribution in [0.4, 0.5) is 0 Å². The fourth-order valence-corrected chi connectivity index (χ4v) is 2.20. The van der Waals surface area contributed by atoms with Crippen LogP contribution >= 0.6 is 0 Å². The zero-order valence-electron chi connectivity index (χ0n) is 15.1. The molecule has 0 saturated carbocycles. The van der Waals surface area contributed by atoms with Crippen LogP contribution in [0.25, 0.3) is 0 Å². The van der Waals surface area contributed by atoms with Gasteiger partial charge in [-0.3, -0.25) is 4.79 Å². The summed E-state index contributed by atoms with van der Waals surface area (Å²) in [6.07, 6.45) is -0.384. The standard InChI is InChI=1S/C17H26N2O5/c1-7-8-18-15(20)12(6)24-17(22)14-10(4)13(11(5)19-14)16(21)23-9(2)3/h9,12,19H,7-8H2,1-6H3,(H,18,20). The summed E-state index contributed by atoms with van der Waals surface area (Å²) >= 11 is 0. The van der Waals surface area contributed by atoms with Gasteiger partial charge in [0.25, 0.3) is 5.91 Å². The maximum absolute atomic E-state index is 12.3. The number of ether oxygens (including phenoxy) is 2. The summed E-state index contributed by atoms with van der Waals surface area (Å²) in [5, 5.41) is 2.66. The molecular weight excluding hydrogens is 312 g/mol. The second-order valence-corrected chi connectivity index (χ2v) is 5.92. The number of aromatic nitrogens is 1. The minimum Gasteiger partial charge on any atom is -0.459 e. The Balaban J connectivity index is 2.89. The number of esters is 2. The van der Waals surface area contributed by atoms with E-state index in [1.54, 1.807) is 27.7 Å². The molecule has 0 radical (unpaired) electrons. The number of rotatable bonds is 7. The van der Waals surface area contributed by atoms with Crippen LogP contribution in [0, 0.1) is 13.8 Å². The Labute approximate surface area is 142 Å². The lowest BCUT2D eigenvalue weighted by atomic mass is 10.1. The Kier molecular flexibility index (Phi) is 7.00. The van der Waals surface area contributed by atoms with Crippen LogP contribution in [-0.4, -0.2) is 41.6 Å². The molecule has 1 atom stereocenters. The molecule has 2 N–H and O–H groups in total. The van der Waals surface area contributed by atoms with Crippen LogP contribution in [0.2, 0.25) is 0 Å². The Hall–Kier alpha value is -2.31. The lowest BCUT2D eigenvalue weighted by Gasteiger charge is -2.13. The molecular formula is C17H26N2O5. The van der Waals surface area contributed by atoms with E-state index < -0.39 is 18.0 Å². The predicted octanol–water partition coefficient (Wildman–Crippen LogP) is 2.27. The molecule has 134 valence electrons. The number of nitrogens with one attached hydrogen (secondary N) is 2. The summed E-state index contributed by atoms with van der Waals surface area (Å²) in [6.45, 7) is 10.8.